The van der Waals surface area contributed by atoms with Crippen molar-refractivity contribution in [3.8, 4) is 67.3 Å². The lowest BCUT2D eigenvalue weighted by Crippen LogP contribution is -2.14. The first kappa shape index (κ1) is 32.7. The summed E-state index contributed by atoms with van der Waals surface area (Å²) in [6, 6.07) is 65.9. The summed E-state index contributed by atoms with van der Waals surface area (Å²) in [7, 11) is 0. The van der Waals surface area contributed by atoms with E-state index in [1.54, 1.807) is 0 Å². The molecule has 0 radical (unpaired) electrons. The van der Waals surface area contributed by atoms with E-state index in [4.69, 9.17) is 9.97 Å². The van der Waals surface area contributed by atoms with Gasteiger partial charge in [0.2, 0.25) is 0 Å². The molecule has 1 aliphatic carbocycles. The molecule has 1 aliphatic rings. The fraction of sp³-hybridized carbons (Fsp3) is 0.0566. The van der Waals surface area contributed by atoms with Crippen molar-refractivity contribution in [3.05, 3.63) is 193 Å². The maximum absolute atomic E-state index is 5.33. The number of fused-ring (bicyclic) bond motifs is 7. The highest BCUT2D eigenvalue weighted by Gasteiger charge is 2.37. The van der Waals surface area contributed by atoms with Crippen molar-refractivity contribution in [2.45, 2.75) is 19.3 Å². The van der Waals surface area contributed by atoms with Crippen molar-refractivity contribution in [2.24, 2.45) is 0 Å². The molecule has 0 unspecified atom stereocenters. The van der Waals surface area contributed by atoms with Crippen LogP contribution in [0.25, 0.3) is 98.2 Å². The topological polar surface area (TPSA) is 25.8 Å². The van der Waals surface area contributed by atoms with Gasteiger partial charge in [-0.05, 0) is 91.7 Å². The number of aromatic nitrogens is 2. The van der Waals surface area contributed by atoms with E-state index in [-0.39, 0.29) is 5.41 Å². The largest absolute Gasteiger partial charge is 0.228 e. The number of hydrogen-bond donors (Lipinski definition) is 0. The van der Waals surface area contributed by atoms with Crippen molar-refractivity contribution in [3.63, 3.8) is 0 Å². The summed E-state index contributed by atoms with van der Waals surface area (Å²) < 4.78 is 2.65. The minimum Gasteiger partial charge on any atom is -0.228 e. The predicted octanol–water partition coefficient (Wildman–Crippen LogP) is 14.6. The van der Waals surface area contributed by atoms with Crippen LogP contribution in [0.15, 0.2) is 182 Å². The van der Waals surface area contributed by atoms with Crippen LogP contribution in [0.2, 0.25) is 0 Å². The van der Waals surface area contributed by atoms with E-state index in [0.717, 1.165) is 39.2 Å². The maximum atomic E-state index is 5.33. The van der Waals surface area contributed by atoms with E-state index in [1.807, 2.05) is 17.4 Å². The van der Waals surface area contributed by atoms with E-state index >= 15 is 0 Å². The molecule has 0 bridgehead atoms. The van der Waals surface area contributed by atoms with Gasteiger partial charge in [0.15, 0.2) is 5.82 Å². The van der Waals surface area contributed by atoms with Gasteiger partial charge in [0.25, 0.3) is 0 Å². The molecule has 0 aliphatic heterocycles. The Morgan fingerprint density at radius 3 is 1.84 bits per heavy atom. The van der Waals surface area contributed by atoms with Gasteiger partial charge in [-0.3, -0.25) is 0 Å². The number of thiophene rings is 1. The minimum atomic E-state index is -0.148. The third-order valence-corrected chi connectivity index (χ3v) is 12.9. The molecular weight excluding hydrogens is 697 g/mol. The summed E-state index contributed by atoms with van der Waals surface area (Å²) in [6.07, 6.45) is 0. The van der Waals surface area contributed by atoms with E-state index in [9.17, 15) is 0 Å². The fourth-order valence-electron chi connectivity index (χ4n) is 8.83. The van der Waals surface area contributed by atoms with Gasteiger partial charge in [-0.1, -0.05) is 159 Å². The molecule has 0 saturated carbocycles. The van der Waals surface area contributed by atoms with Gasteiger partial charge >= 0.3 is 0 Å². The van der Waals surface area contributed by atoms with Crippen LogP contribution in [-0.2, 0) is 5.41 Å². The summed E-state index contributed by atoms with van der Waals surface area (Å²) in [5.41, 5.74) is 14.8. The quantitative estimate of drug-likeness (QED) is 0.176. The van der Waals surface area contributed by atoms with Crippen LogP contribution in [0, 0.1) is 0 Å². The fourth-order valence-corrected chi connectivity index (χ4v) is 9.92. The monoisotopic (exact) mass is 732 g/mol. The van der Waals surface area contributed by atoms with Crippen molar-refractivity contribution >= 4 is 42.3 Å². The molecule has 2 nitrogen and oxygen atoms in total. The normalized spacial score (nSPS) is 13.0. The first-order valence-electron chi connectivity index (χ1n) is 19.2. The van der Waals surface area contributed by atoms with Gasteiger partial charge in [-0.15, -0.1) is 11.3 Å². The molecule has 0 amide bonds. The van der Waals surface area contributed by atoms with Crippen LogP contribution in [-0.4, -0.2) is 9.97 Å². The number of rotatable bonds is 5. The zero-order valence-electron chi connectivity index (χ0n) is 31.1. The number of benzene rings is 8. The van der Waals surface area contributed by atoms with Crippen LogP contribution in [0.3, 0.4) is 0 Å². The lowest BCUT2D eigenvalue weighted by Gasteiger charge is -2.22. The zero-order valence-corrected chi connectivity index (χ0v) is 31.9. The van der Waals surface area contributed by atoms with Crippen LogP contribution in [0.4, 0.5) is 0 Å². The molecule has 11 rings (SSSR count). The zero-order chi connectivity index (χ0) is 37.4. The smallest absolute Gasteiger partial charge is 0.160 e. The molecule has 2 aromatic heterocycles. The van der Waals surface area contributed by atoms with Crippen LogP contribution in [0.1, 0.15) is 25.0 Å². The van der Waals surface area contributed by atoms with E-state index in [0.29, 0.717) is 5.82 Å². The molecular formula is C53H36N2S. The highest BCUT2D eigenvalue weighted by atomic mass is 32.1. The van der Waals surface area contributed by atoms with Gasteiger partial charge in [0.05, 0.1) is 11.4 Å². The Balaban J connectivity index is 1.05. The Morgan fingerprint density at radius 1 is 0.393 bits per heavy atom. The Morgan fingerprint density at radius 2 is 1.02 bits per heavy atom. The van der Waals surface area contributed by atoms with E-state index in [2.05, 4.69) is 190 Å². The third kappa shape index (κ3) is 5.23. The van der Waals surface area contributed by atoms with Gasteiger partial charge in [-0.2, -0.15) is 0 Å². The molecule has 8 aromatic carbocycles. The summed E-state index contributed by atoms with van der Waals surface area (Å²) in [4.78, 5) is 10.6. The maximum Gasteiger partial charge on any atom is 0.160 e. The van der Waals surface area contributed by atoms with Crippen molar-refractivity contribution in [1.29, 1.82) is 0 Å². The Hall–Kier alpha value is -6.68. The third-order valence-electron chi connectivity index (χ3n) is 11.7. The van der Waals surface area contributed by atoms with Gasteiger partial charge < -0.3 is 0 Å². The summed E-state index contributed by atoms with van der Waals surface area (Å²) >= 11 is 1.86. The molecule has 10 aromatic rings. The second-order valence-electron chi connectivity index (χ2n) is 15.4. The van der Waals surface area contributed by atoms with Crippen LogP contribution in [0.5, 0.6) is 0 Å². The van der Waals surface area contributed by atoms with Gasteiger partial charge in [-0.25, -0.2) is 9.97 Å². The summed E-state index contributed by atoms with van der Waals surface area (Å²) in [6.45, 7) is 4.70. The SMILES string of the molecule is CC1(C)c2cc3ccccc3cc2-c2c(-c3cc(-c4ccccc4-c4ccc(-c5ccc6sc7ccccc7c6c5)cc4)nc(-c4ccccc4)n3)cccc21. The molecule has 0 saturated heterocycles. The molecule has 0 fully saturated rings. The highest BCUT2D eigenvalue weighted by molar-refractivity contribution is 7.25. The summed E-state index contributed by atoms with van der Waals surface area (Å²) in [5.74, 6) is 0.716. The molecule has 0 atom stereocenters. The molecule has 3 heteroatoms. The Bertz CT molecular complexity index is 3150. The molecule has 56 heavy (non-hydrogen) atoms. The standard InChI is InChI=1S/C53H36N2S/c1-53(2)45-21-12-20-42(51(45)44-30-36-15-6-7-16-37(36)31-46(44)53)48-32-47(54-52(55-48)35-13-4-3-5-14-35)40-18-9-8-17-39(40)34-25-23-33(24-26-34)38-27-28-50-43(29-38)41-19-10-11-22-49(41)56-50/h3-32H,1-2H3. The second kappa shape index (κ2) is 12.7. The lowest BCUT2D eigenvalue weighted by molar-refractivity contribution is 0.661. The number of nitrogens with zero attached hydrogens (tertiary/aromatic N) is 2. The van der Waals surface area contributed by atoms with Gasteiger partial charge in [0, 0.05) is 42.3 Å². The number of hydrogen-bond acceptors (Lipinski definition) is 3. The minimum absolute atomic E-state index is 0.148. The highest BCUT2D eigenvalue weighted by Crippen LogP contribution is 2.53. The molecule has 0 N–H and O–H groups in total. The van der Waals surface area contributed by atoms with Crippen LogP contribution < -0.4 is 0 Å². The Labute approximate surface area is 330 Å². The first-order chi connectivity index (χ1) is 27.5. The molecule has 0 spiro atoms. The predicted molar refractivity (Wildman–Crippen MR) is 237 cm³/mol. The molecule has 2 heterocycles. The van der Waals surface area contributed by atoms with Crippen molar-refractivity contribution in [1.82, 2.24) is 9.97 Å². The first-order valence-corrected chi connectivity index (χ1v) is 20.0. The average molecular weight is 733 g/mol. The van der Waals surface area contributed by atoms with Crippen LogP contribution >= 0.6 is 11.3 Å². The Kier molecular flexibility index (Phi) is 7.42. The van der Waals surface area contributed by atoms with Gasteiger partial charge in [0.1, 0.15) is 0 Å². The van der Waals surface area contributed by atoms with Crippen molar-refractivity contribution in [2.75, 3.05) is 0 Å². The van der Waals surface area contributed by atoms with E-state index < -0.39 is 0 Å². The second-order valence-corrected chi connectivity index (χ2v) is 16.4. The average Bonchev–Trinajstić information content (AvgIpc) is 3.74. The van der Waals surface area contributed by atoms with Crippen molar-refractivity contribution < 1.29 is 0 Å². The molecule has 264 valence electrons. The lowest BCUT2D eigenvalue weighted by atomic mass is 9.81. The summed E-state index contributed by atoms with van der Waals surface area (Å²) in [5, 5.41) is 5.15. The van der Waals surface area contributed by atoms with E-state index in [1.165, 1.54) is 64.3 Å².